The van der Waals surface area contributed by atoms with Crippen LogP contribution in [0.3, 0.4) is 0 Å². The number of carbonyl (C=O) groups excluding carboxylic acids is 1. The lowest BCUT2D eigenvalue weighted by atomic mass is 9.99. The van der Waals surface area contributed by atoms with Crippen LogP contribution < -0.4 is 11.5 Å². The van der Waals surface area contributed by atoms with Gasteiger partial charge < -0.3 is 16.6 Å². The Morgan fingerprint density at radius 2 is 1.00 bits per heavy atom. The van der Waals surface area contributed by atoms with E-state index in [0.717, 1.165) is 12.8 Å². The Morgan fingerprint density at radius 3 is 1.39 bits per heavy atom. The van der Waals surface area contributed by atoms with E-state index in [2.05, 4.69) is 6.92 Å². The van der Waals surface area contributed by atoms with Crippen LogP contribution in [0, 0.1) is 0 Å². The molecule has 2 atom stereocenters. The van der Waals surface area contributed by atoms with Gasteiger partial charge in [-0.3, -0.25) is 9.59 Å². The van der Waals surface area contributed by atoms with Crippen molar-refractivity contribution in [1.82, 2.24) is 0 Å². The van der Waals surface area contributed by atoms with E-state index in [4.69, 9.17) is 16.6 Å². The number of hydrogen-bond acceptors (Lipinski definition) is 4. The Balaban J connectivity index is 3.34. The van der Waals surface area contributed by atoms with Gasteiger partial charge in [0.15, 0.2) is 0 Å². The molecule has 0 rings (SSSR count). The maximum Gasteiger partial charge on any atom is 0.320 e. The fourth-order valence-electron chi connectivity index (χ4n) is 3.50. The van der Waals surface area contributed by atoms with E-state index in [-0.39, 0.29) is 12.2 Å². The Labute approximate surface area is 173 Å². The first-order chi connectivity index (χ1) is 13.5. The van der Waals surface area contributed by atoms with Crippen LogP contribution in [-0.2, 0) is 9.59 Å². The SMILES string of the molecule is CCCCCCCCCCCCCCCCCC(=O)C(N)CCC(N)C(=O)O. The van der Waals surface area contributed by atoms with E-state index in [1.165, 1.54) is 83.5 Å². The van der Waals surface area contributed by atoms with E-state index in [9.17, 15) is 9.59 Å². The molecule has 0 saturated heterocycles. The fraction of sp³-hybridized carbons (Fsp3) is 0.913. The molecule has 2 unspecified atom stereocenters. The second-order valence-electron chi connectivity index (χ2n) is 8.29. The monoisotopic (exact) mass is 398 g/mol. The van der Waals surface area contributed by atoms with Gasteiger partial charge in [-0.1, -0.05) is 96.8 Å². The van der Waals surface area contributed by atoms with Crippen LogP contribution in [0.2, 0.25) is 0 Å². The van der Waals surface area contributed by atoms with Crippen LogP contribution in [0.25, 0.3) is 0 Å². The van der Waals surface area contributed by atoms with Crippen molar-refractivity contribution in [3.05, 3.63) is 0 Å². The Bertz CT molecular complexity index is 388. The summed E-state index contributed by atoms with van der Waals surface area (Å²) in [6, 6.07) is -1.50. The van der Waals surface area contributed by atoms with Crippen molar-refractivity contribution in [3.63, 3.8) is 0 Å². The number of carbonyl (C=O) groups is 2. The molecule has 0 amide bonds. The van der Waals surface area contributed by atoms with Crippen molar-refractivity contribution in [2.45, 2.75) is 135 Å². The molecule has 0 aliphatic heterocycles. The topological polar surface area (TPSA) is 106 Å². The van der Waals surface area contributed by atoms with Gasteiger partial charge in [0.05, 0.1) is 6.04 Å². The van der Waals surface area contributed by atoms with Crippen LogP contribution >= 0.6 is 0 Å². The Morgan fingerprint density at radius 1 is 0.643 bits per heavy atom. The zero-order chi connectivity index (χ0) is 21.0. The minimum atomic E-state index is -1.04. The number of nitrogens with two attached hydrogens (primary N) is 2. The molecule has 0 radical (unpaired) electrons. The van der Waals surface area contributed by atoms with Crippen LogP contribution in [0.5, 0.6) is 0 Å². The van der Waals surface area contributed by atoms with Gasteiger partial charge >= 0.3 is 5.97 Å². The lowest BCUT2D eigenvalue weighted by molar-refractivity contribution is -0.138. The van der Waals surface area contributed by atoms with Crippen molar-refractivity contribution in [3.8, 4) is 0 Å². The molecule has 0 aromatic heterocycles. The zero-order valence-corrected chi connectivity index (χ0v) is 18.3. The first-order valence-electron chi connectivity index (χ1n) is 11.8. The molecule has 5 nitrogen and oxygen atoms in total. The van der Waals surface area contributed by atoms with Crippen LogP contribution in [0.4, 0.5) is 0 Å². The molecule has 0 aromatic carbocycles. The van der Waals surface area contributed by atoms with Gasteiger partial charge in [0.2, 0.25) is 0 Å². The van der Waals surface area contributed by atoms with Gasteiger partial charge in [0, 0.05) is 6.42 Å². The number of aliphatic carboxylic acids is 1. The molecule has 0 heterocycles. The summed E-state index contributed by atoms with van der Waals surface area (Å²) in [6.45, 7) is 2.26. The first kappa shape index (κ1) is 27.1. The minimum Gasteiger partial charge on any atom is -0.480 e. The number of Topliss-reactive ketones (excluding diaryl/α,β-unsaturated/α-hetero) is 1. The molecule has 0 fully saturated rings. The zero-order valence-electron chi connectivity index (χ0n) is 18.3. The average Bonchev–Trinajstić information content (AvgIpc) is 2.68. The summed E-state index contributed by atoms with van der Waals surface area (Å²) in [7, 11) is 0. The molecular formula is C23H46N2O3. The van der Waals surface area contributed by atoms with Crippen LogP contribution in [-0.4, -0.2) is 28.9 Å². The summed E-state index contributed by atoms with van der Waals surface area (Å²) in [5, 5.41) is 8.73. The maximum absolute atomic E-state index is 11.9. The third-order valence-corrected chi connectivity index (χ3v) is 5.55. The first-order valence-corrected chi connectivity index (χ1v) is 11.8. The van der Waals surface area contributed by atoms with Crippen molar-refractivity contribution >= 4 is 11.8 Å². The van der Waals surface area contributed by atoms with Gasteiger partial charge in [0.25, 0.3) is 0 Å². The predicted molar refractivity (Wildman–Crippen MR) is 117 cm³/mol. The van der Waals surface area contributed by atoms with Crippen molar-refractivity contribution in [2.75, 3.05) is 0 Å². The summed E-state index contributed by atoms with van der Waals surface area (Å²) in [5.74, 6) is -1.01. The fourth-order valence-corrected chi connectivity index (χ4v) is 3.50. The summed E-state index contributed by atoms with van der Waals surface area (Å²) < 4.78 is 0. The summed E-state index contributed by atoms with van der Waals surface area (Å²) >= 11 is 0. The van der Waals surface area contributed by atoms with Crippen molar-refractivity contribution in [2.24, 2.45) is 11.5 Å². The third kappa shape index (κ3) is 17.2. The quantitative estimate of drug-likeness (QED) is 0.226. The average molecular weight is 399 g/mol. The van der Waals surface area contributed by atoms with E-state index < -0.39 is 18.1 Å². The highest BCUT2D eigenvalue weighted by Crippen LogP contribution is 2.14. The number of carboxylic acids is 1. The molecule has 5 N–H and O–H groups in total. The third-order valence-electron chi connectivity index (χ3n) is 5.55. The van der Waals surface area contributed by atoms with Gasteiger partial charge in [-0.05, 0) is 19.3 Å². The van der Waals surface area contributed by atoms with Crippen LogP contribution in [0.1, 0.15) is 122 Å². The van der Waals surface area contributed by atoms with E-state index >= 15 is 0 Å². The highest BCUT2D eigenvalue weighted by molar-refractivity contribution is 5.83. The smallest absolute Gasteiger partial charge is 0.320 e. The standard InChI is InChI=1S/C23H46N2O3/c1-2-3-4-5-6-7-8-9-10-11-12-13-14-15-16-17-22(26)20(24)18-19-21(25)23(27)28/h20-21H,2-19,24-25H2,1H3,(H,27,28). The molecule has 0 aliphatic rings. The lowest BCUT2D eigenvalue weighted by Crippen LogP contribution is -2.35. The second-order valence-corrected chi connectivity index (χ2v) is 8.29. The van der Waals surface area contributed by atoms with Gasteiger partial charge in [-0.15, -0.1) is 0 Å². The van der Waals surface area contributed by atoms with Crippen molar-refractivity contribution < 1.29 is 14.7 Å². The number of rotatable bonds is 21. The molecule has 0 aliphatic carbocycles. The molecular weight excluding hydrogens is 352 g/mol. The molecule has 0 spiro atoms. The highest BCUT2D eigenvalue weighted by Gasteiger charge is 2.17. The number of hydrogen-bond donors (Lipinski definition) is 3. The van der Waals surface area contributed by atoms with E-state index in [1.54, 1.807) is 0 Å². The second kappa shape index (κ2) is 19.4. The number of carboxylic acid groups (broad SMARTS) is 1. The molecule has 28 heavy (non-hydrogen) atoms. The molecule has 5 heteroatoms. The van der Waals surface area contributed by atoms with Gasteiger partial charge in [-0.25, -0.2) is 0 Å². The maximum atomic E-state index is 11.9. The normalized spacial score (nSPS) is 13.4. The summed E-state index contributed by atoms with van der Waals surface area (Å²) in [4.78, 5) is 22.6. The summed E-state index contributed by atoms with van der Waals surface area (Å²) in [6.07, 6.45) is 20.6. The van der Waals surface area contributed by atoms with Crippen molar-refractivity contribution in [1.29, 1.82) is 0 Å². The molecule has 0 aromatic rings. The minimum absolute atomic E-state index is 0.0345. The number of ketones is 1. The molecule has 0 saturated carbocycles. The van der Waals surface area contributed by atoms with Crippen LogP contribution in [0.15, 0.2) is 0 Å². The van der Waals surface area contributed by atoms with E-state index in [1.807, 2.05) is 0 Å². The Hall–Kier alpha value is -0.940. The van der Waals surface area contributed by atoms with Gasteiger partial charge in [0.1, 0.15) is 11.8 Å². The summed E-state index contributed by atoms with van der Waals surface area (Å²) in [5.41, 5.74) is 11.3. The molecule has 0 bridgehead atoms. The molecule has 166 valence electrons. The predicted octanol–water partition coefficient (Wildman–Crippen LogP) is 5.34. The lowest BCUT2D eigenvalue weighted by Gasteiger charge is -2.12. The largest absolute Gasteiger partial charge is 0.480 e. The highest BCUT2D eigenvalue weighted by atomic mass is 16.4. The number of unbranched alkanes of at least 4 members (excludes halogenated alkanes) is 14. The van der Waals surface area contributed by atoms with E-state index in [0.29, 0.717) is 12.8 Å². The Kier molecular flexibility index (Phi) is 18.7. The van der Waals surface area contributed by atoms with Gasteiger partial charge in [-0.2, -0.15) is 0 Å².